The van der Waals surface area contributed by atoms with Gasteiger partial charge >= 0.3 is 18.0 Å². The molecule has 0 amide bonds. The van der Waals surface area contributed by atoms with E-state index in [1.165, 1.54) is 13.8 Å². The minimum atomic E-state index is -6.52. The molecule has 2 heterocycles. The summed E-state index contributed by atoms with van der Waals surface area (Å²) in [7, 11) is 0. The normalized spacial score (nSPS) is 13.1. The van der Waals surface area contributed by atoms with Gasteiger partial charge in [-0.1, -0.05) is 0 Å². The Kier molecular flexibility index (Phi) is 5.30. The first-order valence-corrected chi connectivity index (χ1v) is 8.40. The van der Waals surface area contributed by atoms with E-state index in [1.54, 1.807) is 5.32 Å². The van der Waals surface area contributed by atoms with Gasteiger partial charge in [-0.3, -0.25) is 0 Å². The SMILES string of the molecule is Cc1cc(F)c(-c2c(C)nc3ncnn3c2NCC(F)(F)C(F)(F)C(F)(F)F)cc1F. The number of nitrogens with one attached hydrogen (secondary N) is 1. The highest BCUT2D eigenvalue weighted by Gasteiger charge is 2.72. The van der Waals surface area contributed by atoms with Crippen LogP contribution in [0.4, 0.5) is 45.3 Å². The summed E-state index contributed by atoms with van der Waals surface area (Å²) in [5.74, 6) is -14.7. The maximum absolute atomic E-state index is 14.5. The van der Waals surface area contributed by atoms with Gasteiger partial charge < -0.3 is 5.32 Å². The molecule has 0 aliphatic rings. The molecule has 0 saturated heterocycles. The minimum Gasteiger partial charge on any atom is -0.363 e. The molecule has 14 heteroatoms. The fourth-order valence-electron chi connectivity index (χ4n) is 2.79. The van der Waals surface area contributed by atoms with E-state index in [-0.39, 0.29) is 22.6 Å². The predicted molar refractivity (Wildman–Crippen MR) is 90.0 cm³/mol. The van der Waals surface area contributed by atoms with Crippen molar-refractivity contribution in [2.24, 2.45) is 0 Å². The lowest BCUT2D eigenvalue weighted by Gasteiger charge is -2.29. The molecule has 0 spiro atoms. The van der Waals surface area contributed by atoms with Crippen LogP contribution < -0.4 is 5.32 Å². The summed E-state index contributed by atoms with van der Waals surface area (Å²) in [5, 5.41) is 5.40. The lowest BCUT2D eigenvalue weighted by molar-refractivity contribution is -0.350. The van der Waals surface area contributed by atoms with Crippen molar-refractivity contribution in [1.29, 1.82) is 0 Å². The third-order valence-electron chi connectivity index (χ3n) is 4.42. The highest BCUT2D eigenvalue weighted by molar-refractivity contribution is 5.79. The topological polar surface area (TPSA) is 55.1 Å². The molecule has 0 unspecified atom stereocenters. The lowest BCUT2D eigenvalue weighted by Crippen LogP contribution is -2.55. The van der Waals surface area contributed by atoms with Crippen molar-refractivity contribution >= 4 is 11.6 Å². The van der Waals surface area contributed by atoms with E-state index in [0.717, 1.165) is 12.4 Å². The van der Waals surface area contributed by atoms with E-state index in [1.807, 2.05) is 0 Å². The first kappa shape index (κ1) is 22.6. The highest BCUT2D eigenvalue weighted by atomic mass is 19.4. The smallest absolute Gasteiger partial charge is 0.363 e. The van der Waals surface area contributed by atoms with E-state index >= 15 is 0 Å². The molecule has 0 radical (unpaired) electrons. The number of nitrogens with zero attached hydrogens (tertiary/aromatic N) is 4. The zero-order valence-electron chi connectivity index (χ0n) is 15.6. The van der Waals surface area contributed by atoms with Crippen molar-refractivity contribution in [3.05, 3.63) is 41.4 Å². The maximum Gasteiger partial charge on any atom is 0.459 e. The highest BCUT2D eigenvalue weighted by Crippen LogP contribution is 2.46. The van der Waals surface area contributed by atoms with Crippen molar-refractivity contribution in [1.82, 2.24) is 19.6 Å². The number of rotatable bonds is 5. The van der Waals surface area contributed by atoms with Crippen LogP contribution in [0.2, 0.25) is 0 Å². The number of halogens is 9. The van der Waals surface area contributed by atoms with Crippen LogP contribution >= 0.6 is 0 Å². The molecule has 31 heavy (non-hydrogen) atoms. The molecule has 3 rings (SSSR count). The number of alkyl halides is 7. The van der Waals surface area contributed by atoms with E-state index < -0.39 is 47.6 Å². The van der Waals surface area contributed by atoms with Gasteiger partial charge in [0.2, 0.25) is 0 Å². The molecule has 2 aromatic heterocycles. The summed E-state index contributed by atoms with van der Waals surface area (Å²) >= 11 is 0. The summed E-state index contributed by atoms with van der Waals surface area (Å²) in [6.07, 6.45) is -5.63. The average molecular weight is 457 g/mol. The number of aromatic nitrogens is 4. The molecule has 0 aliphatic heterocycles. The average Bonchev–Trinajstić information content (AvgIpc) is 3.09. The van der Waals surface area contributed by atoms with Crippen LogP contribution in [-0.2, 0) is 0 Å². The van der Waals surface area contributed by atoms with Crippen LogP contribution in [0, 0.1) is 25.5 Å². The van der Waals surface area contributed by atoms with Crippen LogP contribution in [0.25, 0.3) is 16.9 Å². The molecule has 168 valence electrons. The van der Waals surface area contributed by atoms with Gasteiger partial charge in [0.05, 0.1) is 12.2 Å². The third kappa shape index (κ3) is 3.74. The Hall–Kier alpha value is -3.06. The van der Waals surface area contributed by atoms with Crippen LogP contribution in [0.15, 0.2) is 18.5 Å². The summed E-state index contributed by atoms with van der Waals surface area (Å²) < 4.78 is 121. The van der Waals surface area contributed by atoms with Gasteiger partial charge in [-0.25, -0.2) is 13.8 Å². The number of anilines is 1. The molecule has 5 nitrogen and oxygen atoms in total. The monoisotopic (exact) mass is 457 g/mol. The van der Waals surface area contributed by atoms with Crippen molar-refractivity contribution in [3.63, 3.8) is 0 Å². The largest absolute Gasteiger partial charge is 0.459 e. The molecule has 0 atom stereocenters. The summed E-state index contributed by atoms with van der Waals surface area (Å²) in [4.78, 5) is 7.62. The maximum atomic E-state index is 14.5. The Morgan fingerprint density at radius 2 is 1.61 bits per heavy atom. The van der Waals surface area contributed by atoms with Crippen LogP contribution in [0.1, 0.15) is 11.3 Å². The number of benzene rings is 1. The van der Waals surface area contributed by atoms with E-state index in [4.69, 9.17) is 0 Å². The Bertz CT molecular complexity index is 1140. The molecule has 1 N–H and O–H groups in total. The second kappa shape index (κ2) is 7.27. The standard InChI is InChI=1S/C17H12F9N5/c1-7-3-11(19)9(4-10(7)18)12-8(2)30-14-28-6-29-31(14)13(12)27-5-15(20,21)16(22,23)17(24,25)26/h3-4,6,27H,5H2,1-2H3. The van der Waals surface area contributed by atoms with Gasteiger partial charge in [-0.05, 0) is 31.5 Å². The molecule has 0 bridgehead atoms. The molecule has 0 saturated carbocycles. The van der Waals surface area contributed by atoms with Crippen molar-refractivity contribution in [2.45, 2.75) is 31.9 Å². The Balaban J connectivity index is 2.16. The second-order valence-electron chi connectivity index (χ2n) is 6.60. The van der Waals surface area contributed by atoms with Crippen molar-refractivity contribution < 1.29 is 39.5 Å². The fraction of sp³-hybridized carbons (Fsp3) is 0.353. The Morgan fingerprint density at radius 1 is 0.968 bits per heavy atom. The third-order valence-corrected chi connectivity index (χ3v) is 4.42. The van der Waals surface area contributed by atoms with E-state index in [9.17, 15) is 39.5 Å². The molecular formula is C17H12F9N5. The van der Waals surface area contributed by atoms with Gasteiger partial charge in [-0.2, -0.15) is 45.3 Å². The van der Waals surface area contributed by atoms with Crippen LogP contribution in [-0.4, -0.2) is 44.1 Å². The Labute approximate surface area is 167 Å². The number of fused-ring (bicyclic) bond motifs is 1. The quantitative estimate of drug-likeness (QED) is 0.552. The lowest BCUT2D eigenvalue weighted by atomic mass is 10.0. The van der Waals surface area contributed by atoms with Gasteiger partial charge in [-0.15, -0.1) is 0 Å². The summed E-state index contributed by atoms with van der Waals surface area (Å²) in [6, 6.07) is 1.51. The minimum absolute atomic E-state index is 0.0837. The predicted octanol–water partition coefficient (Wildman–Crippen LogP) is 4.93. The zero-order chi connectivity index (χ0) is 23.4. The number of aryl methyl sites for hydroxylation is 2. The van der Waals surface area contributed by atoms with Crippen LogP contribution in [0.5, 0.6) is 0 Å². The molecule has 0 aliphatic carbocycles. The second-order valence-corrected chi connectivity index (χ2v) is 6.60. The van der Waals surface area contributed by atoms with Gasteiger partial charge in [0.15, 0.2) is 0 Å². The molecular weight excluding hydrogens is 445 g/mol. The Morgan fingerprint density at radius 3 is 2.23 bits per heavy atom. The van der Waals surface area contributed by atoms with Gasteiger partial charge in [0.1, 0.15) is 23.8 Å². The summed E-state index contributed by atoms with van der Waals surface area (Å²) in [5.41, 5.74) is -1.06. The molecule has 1 aromatic carbocycles. The molecule has 0 fully saturated rings. The first-order chi connectivity index (χ1) is 14.2. The van der Waals surface area contributed by atoms with E-state index in [2.05, 4.69) is 15.1 Å². The van der Waals surface area contributed by atoms with E-state index in [0.29, 0.717) is 10.6 Å². The fourth-order valence-corrected chi connectivity index (χ4v) is 2.79. The number of hydrogen-bond donors (Lipinski definition) is 1. The van der Waals surface area contributed by atoms with Crippen molar-refractivity contribution in [2.75, 3.05) is 11.9 Å². The summed E-state index contributed by atoms with van der Waals surface area (Å²) in [6.45, 7) is 0.308. The molecule has 3 aromatic rings. The van der Waals surface area contributed by atoms with Crippen LogP contribution in [0.3, 0.4) is 0 Å². The van der Waals surface area contributed by atoms with Gasteiger partial charge in [0, 0.05) is 11.1 Å². The zero-order valence-corrected chi connectivity index (χ0v) is 15.6. The first-order valence-electron chi connectivity index (χ1n) is 8.40. The number of hydrogen-bond acceptors (Lipinski definition) is 4. The van der Waals surface area contributed by atoms with Crippen molar-refractivity contribution in [3.8, 4) is 11.1 Å². The van der Waals surface area contributed by atoms with Gasteiger partial charge in [0.25, 0.3) is 5.78 Å².